The number of likely N-dealkylation sites (tertiary alicyclic amines) is 1. The van der Waals surface area contributed by atoms with Gasteiger partial charge in [-0.05, 0) is 67.9 Å². The third-order valence-corrected chi connectivity index (χ3v) is 6.45. The van der Waals surface area contributed by atoms with Crippen LogP contribution in [0.4, 0.5) is 17.1 Å². The van der Waals surface area contributed by atoms with Crippen LogP contribution in [0.25, 0.3) is 0 Å². The smallest absolute Gasteiger partial charge is 0.269 e. The molecule has 1 aliphatic heterocycles. The lowest BCUT2D eigenvalue weighted by atomic mass is 9.94. The highest BCUT2D eigenvalue weighted by molar-refractivity contribution is 6.15. The van der Waals surface area contributed by atoms with E-state index in [2.05, 4.69) is 10.2 Å². The van der Waals surface area contributed by atoms with Crippen molar-refractivity contribution in [3.05, 3.63) is 93.5 Å². The minimum Gasteiger partial charge on any atom is -0.497 e. The highest BCUT2D eigenvalue weighted by atomic mass is 16.6. The Kier molecular flexibility index (Phi) is 7.60. The standard InChI is InChI=1S/C27H28N4O5/c1-36-22-11-7-19(8-12-22)26(32)23-3-2-4-24(28)25(23)29-27(33)20-13-15-30(16-14-20)17-18-5-9-21(10-6-18)31(34)35/h2-12,20H,13-17,28H2,1H3,(H,29,33). The second kappa shape index (κ2) is 11.0. The topological polar surface area (TPSA) is 128 Å². The summed E-state index contributed by atoms with van der Waals surface area (Å²) in [6.45, 7) is 2.10. The van der Waals surface area contributed by atoms with Crippen molar-refractivity contribution in [2.75, 3.05) is 31.2 Å². The molecular weight excluding hydrogens is 460 g/mol. The molecule has 0 spiro atoms. The summed E-state index contributed by atoms with van der Waals surface area (Å²) in [6.07, 6.45) is 1.32. The van der Waals surface area contributed by atoms with Crippen LogP contribution in [0.15, 0.2) is 66.7 Å². The molecule has 0 radical (unpaired) electrons. The zero-order valence-electron chi connectivity index (χ0n) is 20.0. The van der Waals surface area contributed by atoms with Crippen LogP contribution in [0.5, 0.6) is 5.75 Å². The van der Waals surface area contributed by atoms with Crippen LogP contribution in [-0.4, -0.2) is 41.7 Å². The predicted molar refractivity (Wildman–Crippen MR) is 137 cm³/mol. The zero-order chi connectivity index (χ0) is 25.7. The molecule has 186 valence electrons. The summed E-state index contributed by atoms with van der Waals surface area (Å²) < 4.78 is 5.16. The van der Waals surface area contributed by atoms with Crippen molar-refractivity contribution in [2.45, 2.75) is 19.4 Å². The van der Waals surface area contributed by atoms with Crippen molar-refractivity contribution in [3.63, 3.8) is 0 Å². The molecule has 1 amide bonds. The Labute approximate surface area is 209 Å². The molecule has 0 aliphatic carbocycles. The van der Waals surface area contributed by atoms with Crippen molar-refractivity contribution in [1.29, 1.82) is 0 Å². The van der Waals surface area contributed by atoms with E-state index >= 15 is 0 Å². The Morgan fingerprint density at radius 3 is 2.33 bits per heavy atom. The van der Waals surface area contributed by atoms with Gasteiger partial charge < -0.3 is 15.8 Å². The Balaban J connectivity index is 1.39. The van der Waals surface area contributed by atoms with Gasteiger partial charge in [0, 0.05) is 35.7 Å². The van der Waals surface area contributed by atoms with Crippen molar-refractivity contribution in [3.8, 4) is 5.75 Å². The molecule has 0 aromatic heterocycles. The van der Waals surface area contributed by atoms with E-state index in [1.54, 1.807) is 61.7 Å². The van der Waals surface area contributed by atoms with E-state index in [-0.39, 0.29) is 23.3 Å². The Hall–Kier alpha value is -4.24. The molecular formula is C27H28N4O5. The fraction of sp³-hybridized carbons (Fsp3) is 0.259. The summed E-state index contributed by atoms with van der Waals surface area (Å²) in [5, 5.41) is 13.7. The molecule has 1 aliphatic rings. The molecule has 1 saturated heterocycles. The number of nitrogen functional groups attached to an aromatic ring is 1. The number of carbonyl (C=O) groups is 2. The van der Waals surface area contributed by atoms with Crippen molar-refractivity contribution in [1.82, 2.24) is 4.90 Å². The van der Waals surface area contributed by atoms with Gasteiger partial charge in [0.1, 0.15) is 5.75 Å². The number of non-ortho nitro benzene ring substituents is 1. The van der Waals surface area contributed by atoms with Gasteiger partial charge in [-0.2, -0.15) is 0 Å². The second-order valence-electron chi connectivity index (χ2n) is 8.79. The number of nitrogens with zero attached hydrogens (tertiary/aromatic N) is 2. The number of anilines is 2. The molecule has 3 N–H and O–H groups in total. The maximum absolute atomic E-state index is 13.2. The summed E-state index contributed by atoms with van der Waals surface area (Å²) in [4.78, 5) is 38.9. The minimum absolute atomic E-state index is 0.0687. The Bertz CT molecular complexity index is 1250. The monoisotopic (exact) mass is 488 g/mol. The molecule has 0 atom stereocenters. The number of benzene rings is 3. The van der Waals surface area contributed by atoms with Crippen molar-refractivity contribution < 1.29 is 19.2 Å². The van der Waals surface area contributed by atoms with Gasteiger partial charge in [-0.15, -0.1) is 0 Å². The molecule has 3 aromatic carbocycles. The third kappa shape index (κ3) is 5.69. The highest BCUT2D eigenvalue weighted by Gasteiger charge is 2.27. The Morgan fingerprint density at radius 1 is 1.06 bits per heavy atom. The lowest BCUT2D eigenvalue weighted by Gasteiger charge is -2.31. The number of methoxy groups -OCH3 is 1. The number of para-hydroxylation sites is 1. The van der Waals surface area contributed by atoms with Gasteiger partial charge in [0.05, 0.1) is 23.4 Å². The summed E-state index contributed by atoms with van der Waals surface area (Å²) in [6, 6.07) is 18.3. The number of nitrogens with two attached hydrogens (primary N) is 1. The van der Waals surface area contributed by atoms with Crippen LogP contribution in [0, 0.1) is 16.0 Å². The summed E-state index contributed by atoms with van der Waals surface area (Å²) in [5.41, 5.74) is 8.69. The van der Waals surface area contributed by atoms with Crippen molar-refractivity contribution in [2.24, 2.45) is 5.92 Å². The van der Waals surface area contributed by atoms with Crippen molar-refractivity contribution >= 4 is 28.8 Å². The minimum atomic E-state index is -0.413. The molecule has 3 aromatic rings. The van der Waals surface area contributed by atoms with Crippen LogP contribution in [0.3, 0.4) is 0 Å². The second-order valence-corrected chi connectivity index (χ2v) is 8.79. The van der Waals surface area contributed by atoms with E-state index in [4.69, 9.17) is 10.5 Å². The van der Waals surface area contributed by atoms with Gasteiger partial charge in [0.15, 0.2) is 5.78 Å². The first-order valence-corrected chi connectivity index (χ1v) is 11.7. The van der Waals surface area contributed by atoms with Gasteiger partial charge >= 0.3 is 0 Å². The van der Waals surface area contributed by atoms with Crippen LogP contribution in [-0.2, 0) is 11.3 Å². The number of piperidine rings is 1. The van der Waals surface area contributed by atoms with Gasteiger partial charge in [0.25, 0.3) is 5.69 Å². The van der Waals surface area contributed by atoms with Gasteiger partial charge in [-0.3, -0.25) is 24.6 Å². The largest absolute Gasteiger partial charge is 0.497 e. The SMILES string of the molecule is COc1ccc(C(=O)c2cccc(N)c2NC(=O)C2CCN(Cc3ccc([N+](=O)[O-])cc3)CC2)cc1. The molecule has 0 bridgehead atoms. The molecule has 36 heavy (non-hydrogen) atoms. The van der Waals surface area contributed by atoms with Gasteiger partial charge in [0.2, 0.25) is 5.91 Å². The molecule has 4 rings (SSSR count). The van der Waals surface area contributed by atoms with Crippen LogP contribution in [0.1, 0.15) is 34.3 Å². The number of carbonyl (C=O) groups excluding carboxylic acids is 2. The number of ketones is 1. The van der Waals surface area contributed by atoms with E-state index in [1.165, 1.54) is 12.1 Å². The summed E-state index contributed by atoms with van der Waals surface area (Å²) in [7, 11) is 1.56. The zero-order valence-corrected chi connectivity index (χ0v) is 20.0. The van der Waals surface area contributed by atoms with E-state index in [0.717, 1.165) is 18.7 Å². The number of rotatable bonds is 8. The number of nitrogens with one attached hydrogen (secondary N) is 1. The average Bonchev–Trinajstić information content (AvgIpc) is 2.90. The molecule has 0 unspecified atom stereocenters. The molecule has 9 heteroatoms. The predicted octanol–water partition coefficient (Wildman–Crippen LogP) is 4.27. The van der Waals surface area contributed by atoms with Gasteiger partial charge in [-0.25, -0.2) is 0 Å². The average molecular weight is 489 g/mol. The number of hydrogen-bond donors (Lipinski definition) is 2. The Morgan fingerprint density at radius 2 is 1.72 bits per heavy atom. The van der Waals surface area contributed by atoms with E-state index in [1.807, 2.05) is 0 Å². The number of ether oxygens (including phenoxy) is 1. The summed E-state index contributed by atoms with van der Waals surface area (Å²) in [5.74, 6) is 0.0408. The normalized spacial score (nSPS) is 14.2. The number of amides is 1. The van der Waals surface area contributed by atoms with E-state index < -0.39 is 4.92 Å². The highest BCUT2D eigenvalue weighted by Crippen LogP contribution is 2.29. The number of nitro benzene ring substituents is 1. The van der Waals surface area contributed by atoms with Gasteiger partial charge in [-0.1, -0.05) is 18.2 Å². The fourth-order valence-electron chi connectivity index (χ4n) is 4.36. The van der Waals surface area contributed by atoms with Crippen LogP contribution >= 0.6 is 0 Å². The van der Waals surface area contributed by atoms with E-state index in [9.17, 15) is 19.7 Å². The molecule has 0 saturated carbocycles. The quantitative estimate of drug-likeness (QED) is 0.210. The first kappa shape index (κ1) is 24.9. The molecule has 1 fully saturated rings. The first-order chi connectivity index (χ1) is 17.4. The van der Waals surface area contributed by atoms with Crippen LogP contribution in [0.2, 0.25) is 0 Å². The lowest BCUT2D eigenvalue weighted by Crippen LogP contribution is -2.38. The maximum Gasteiger partial charge on any atom is 0.269 e. The summed E-state index contributed by atoms with van der Waals surface area (Å²) >= 11 is 0. The van der Waals surface area contributed by atoms with Crippen LogP contribution < -0.4 is 15.8 Å². The molecule has 1 heterocycles. The third-order valence-electron chi connectivity index (χ3n) is 6.45. The number of nitro groups is 1. The lowest BCUT2D eigenvalue weighted by molar-refractivity contribution is -0.384. The number of hydrogen-bond acceptors (Lipinski definition) is 7. The first-order valence-electron chi connectivity index (χ1n) is 11.7. The molecule has 9 nitrogen and oxygen atoms in total. The maximum atomic E-state index is 13.2. The fourth-order valence-corrected chi connectivity index (χ4v) is 4.36. The van der Waals surface area contributed by atoms with E-state index in [0.29, 0.717) is 47.6 Å².